The van der Waals surface area contributed by atoms with Gasteiger partial charge in [-0.15, -0.1) is 0 Å². The van der Waals surface area contributed by atoms with Gasteiger partial charge in [0.2, 0.25) is 0 Å². The lowest BCUT2D eigenvalue weighted by molar-refractivity contribution is 0.566. The summed E-state index contributed by atoms with van der Waals surface area (Å²) in [5.41, 5.74) is 6.60. The molecule has 0 aliphatic carbocycles. The van der Waals surface area contributed by atoms with E-state index in [4.69, 9.17) is 5.73 Å². The van der Waals surface area contributed by atoms with Gasteiger partial charge in [-0.05, 0) is 31.0 Å². The van der Waals surface area contributed by atoms with E-state index in [-0.39, 0.29) is 5.82 Å². The molecule has 0 heterocycles. The summed E-state index contributed by atoms with van der Waals surface area (Å²) < 4.78 is 13.6. The van der Waals surface area contributed by atoms with E-state index in [1.54, 1.807) is 12.1 Å². The highest BCUT2D eigenvalue weighted by molar-refractivity contribution is 5.54. The van der Waals surface area contributed by atoms with Crippen LogP contribution in [0.15, 0.2) is 18.2 Å². The Balaban J connectivity index is 2.94. The Bertz CT molecular complexity index is 321. The monoisotopic (exact) mass is 210 g/mol. The average Bonchev–Trinajstić information content (AvgIpc) is 2.19. The SMILES string of the molecule is CCC(CC)N(C)c1ccc(N)cc1F. The van der Waals surface area contributed by atoms with Gasteiger partial charge < -0.3 is 10.6 Å². The number of hydrogen-bond acceptors (Lipinski definition) is 2. The zero-order chi connectivity index (χ0) is 11.4. The fourth-order valence-corrected chi connectivity index (χ4v) is 1.84. The van der Waals surface area contributed by atoms with Crippen molar-refractivity contribution in [2.75, 3.05) is 17.7 Å². The standard InChI is InChI=1S/C12H19FN2/c1-4-10(5-2)15(3)12-7-6-9(14)8-11(12)13/h6-8,10H,4-5,14H2,1-3H3. The first-order valence-corrected chi connectivity index (χ1v) is 5.38. The lowest BCUT2D eigenvalue weighted by Crippen LogP contribution is -2.31. The number of hydrogen-bond donors (Lipinski definition) is 1. The highest BCUT2D eigenvalue weighted by Crippen LogP contribution is 2.23. The molecule has 0 aromatic heterocycles. The maximum atomic E-state index is 13.6. The largest absolute Gasteiger partial charge is 0.399 e. The molecule has 0 aliphatic heterocycles. The topological polar surface area (TPSA) is 29.3 Å². The van der Waals surface area contributed by atoms with E-state index in [9.17, 15) is 4.39 Å². The third-order valence-corrected chi connectivity index (χ3v) is 2.84. The molecule has 0 fully saturated rings. The summed E-state index contributed by atoms with van der Waals surface area (Å²) in [7, 11) is 1.92. The maximum absolute atomic E-state index is 13.6. The molecule has 0 aliphatic rings. The van der Waals surface area contributed by atoms with Crippen molar-refractivity contribution in [3.8, 4) is 0 Å². The normalized spacial score (nSPS) is 10.7. The van der Waals surface area contributed by atoms with E-state index in [0.29, 0.717) is 17.4 Å². The summed E-state index contributed by atoms with van der Waals surface area (Å²) >= 11 is 0. The number of nitrogens with two attached hydrogens (primary N) is 1. The van der Waals surface area contributed by atoms with Crippen LogP contribution in [-0.4, -0.2) is 13.1 Å². The lowest BCUT2D eigenvalue weighted by atomic mass is 10.1. The third-order valence-electron chi connectivity index (χ3n) is 2.84. The Morgan fingerprint density at radius 1 is 1.33 bits per heavy atom. The second-order valence-corrected chi connectivity index (χ2v) is 3.79. The van der Waals surface area contributed by atoms with Crippen molar-refractivity contribution in [1.82, 2.24) is 0 Å². The van der Waals surface area contributed by atoms with E-state index in [1.165, 1.54) is 6.07 Å². The van der Waals surface area contributed by atoms with Gasteiger partial charge in [-0.25, -0.2) is 4.39 Å². The maximum Gasteiger partial charge on any atom is 0.148 e. The van der Waals surface area contributed by atoms with Gasteiger partial charge in [-0.3, -0.25) is 0 Å². The Hall–Kier alpha value is -1.25. The van der Waals surface area contributed by atoms with Crippen LogP contribution in [0.4, 0.5) is 15.8 Å². The molecule has 0 bridgehead atoms. The quantitative estimate of drug-likeness (QED) is 0.774. The first-order chi connectivity index (χ1) is 7.10. The zero-order valence-corrected chi connectivity index (χ0v) is 9.63. The van der Waals surface area contributed by atoms with Gasteiger partial charge in [0.25, 0.3) is 0 Å². The Morgan fingerprint density at radius 3 is 2.40 bits per heavy atom. The number of nitrogen functional groups attached to an aromatic ring is 1. The van der Waals surface area contributed by atoms with Crippen molar-refractivity contribution < 1.29 is 4.39 Å². The summed E-state index contributed by atoms with van der Waals surface area (Å²) in [5.74, 6) is -0.246. The van der Waals surface area contributed by atoms with Gasteiger partial charge in [0, 0.05) is 18.8 Å². The smallest absolute Gasteiger partial charge is 0.148 e. The van der Waals surface area contributed by atoms with Crippen LogP contribution in [0.25, 0.3) is 0 Å². The molecule has 3 heteroatoms. The second-order valence-electron chi connectivity index (χ2n) is 3.79. The summed E-state index contributed by atoms with van der Waals surface area (Å²) in [6.07, 6.45) is 2.02. The molecule has 0 unspecified atom stereocenters. The van der Waals surface area contributed by atoms with E-state index < -0.39 is 0 Å². The molecular formula is C12H19FN2. The minimum absolute atomic E-state index is 0.246. The van der Waals surface area contributed by atoms with Crippen LogP contribution in [0.1, 0.15) is 26.7 Å². The number of benzene rings is 1. The summed E-state index contributed by atoms with van der Waals surface area (Å²) in [4.78, 5) is 1.98. The second kappa shape index (κ2) is 5.01. The van der Waals surface area contributed by atoms with Gasteiger partial charge in [0.15, 0.2) is 0 Å². The van der Waals surface area contributed by atoms with Gasteiger partial charge in [-0.1, -0.05) is 13.8 Å². The zero-order valence-electron chi connectivity index (χ0n) is 9.63. The van der Waals surface area contributed by atoms with Crippen LogP contribution in [0.3, 0.4) is 0 Å². The van der Waals surface area contributed by atoms with E-state index in [2.05, 4.69) is 13.8 Å². The minimum atomic E-state index is -0.246. The van der Waals surface area contributed by atoms with E-state index in [0.717, 1.165) is 12.8 Å². The van der Waals surface area contributed by atoms with Crippen molar-refractivity contribution in [2.45, 2.75) is 32.7 Å². The van der Waals surface area contributed by atoms with Gasteiger partial charge in [-0.2, -0.15) is 0 Å². The molecule has 0 saturated heterocycles. The Morgan fingerprint density at radius 2 is 1.93 bits per heavy atom. The summed E-state index contributed by atoms with van der Waals surface area (Å²) in [5, 5.41) is 0. The van der Waals surface area contributed by atoms with Crippen LogP contribution in [0, 0.1) is 5.82 Å². The van der Waals surface area contributed by atoms with Crippen LogP contribution < -0.4 is 10.6 Å². The molecular weight excluding hydrogens is 191 g/mol. The number of rotatable bonds is 4. The molecule has 0 amide bonds. The van der Waals surface area contributed by atoms with E-state index in [1.807, 2.05) is 11.9 Å². The highest BCUT2D eigenvalue weighted by Gasteiger charge is 2.14. The van der Waals surface area contributed by atoms with Crippen molar-refractivity contribution in [1.29, 1.82) is 0 Å². The number of nitrogens with zero attached hydrogens (tertiary/aromatic N) is 1. The van der Waals surface area contributed by atoms with Crippen molar-refractivity contribution in [2.24, 2.45) is 0 Å². The molecule has 15 heavy (non-hydrogen) atoms. The van der Waals surface area contributed by atoms with Crippen molar-refractivity contribution in [3.05, 3.63) is 24.0 Å². The predicted molar refractivity (Wildman–Crippen MR) is 63.6 cm³/mol. The molecule has 0 saturated carbocycles. The summed E-state index contributed by atoms with van der Waals surface area (Å²) in [6.45, 7) is 4.22. The molecule has 0 atom stereocenters. The van der Waals surface area contributed by atoms with Gasteiger partial charge >= 0.3 is 0 Å². The minimum Gasteiger partial charge on any atom is -0.399 e. The van der Waals surface area contributed by atoms with Crippen molar-refractivity contribution >= 4 is 11.4 Å². The fraction of sp³-hybridized carbons (Fsp3) is 0.500. The first kappa shape index (κ1) is 11.8. The molecule has 84 valence electrons. The number of halogens is 1. The summed E-state index contributed by atoms with van der Waals surface area (Å²) in [6, 6.07) is 5.22. The molecule has 0 spiro atoms. The number of anilines is 2. The van der Waals surface area contributed by atoms with Gasteiger partial charge in [0.1, 0.15) is 5.82 Å². The lowest BCUT2D eigenvalue weighted by Gasteiger charge is -2.28. The molecule has 1 aromatic rings. The average molecular weight is 210 g/mol. The molecule has 1 aromatic carbocycles. The Labute approximate surface area is 90.9 Å². The van der Waals surface area contributed by atoms with Crippen LogP contribution in [-0.2, 0) is 0 Å². The fourth-order valence-electron chi connectivity index (χ4n) is 1.84. The first-order valence-electron chi connectivity index (χ1n) is 5.38. The molecule has 2 nitrogen and oxygen atoms in total. The highest BCUT2D eigenvalue weighted by atomic mass is 19.1. The predicted octanol–water partition coefficient (Wildman–Crippen LogP) is 3.03. The molecule has 0 radical (unpaired) electrons. The molecule has 2 N–H and O–H groups in total. The van der Waals surface area contributed by atoms with Crippen LogP contribution >= 0.6 is 0 Å². The van der Waals surface area contributed by atoms with Crippen LogP contribution in [0.2, 0.25) is 0 Å². The van der Waals surface area contributed by atoms with Crippen LogP contribution in [0.5, 0.6) is 0 Å². The third kappa shape index (κ3) is 2.61. The van der Waals surface area contributed by atoms with Gasteiger partial charge in [0.05, 0.1) is 5.69 Å². The van der Waals surface area contributed by atoms with Crippen molar-refractivity contribution in [3.63, 3.8) is 0 Å². The Kier molecular flexibility index (Phi) is 3.95. The van der Waals surface area contributed by atoms with E-state index >= 15 is 0 Å². The molecule has 1 rings (SSSR count).